The van der Waals surface area contributed by atoms with Crippen LogP contribution in [0.5, 0.6) is 0 Å². The highest BCUT2D eigenvalue weighted by molar-refractivity contribution is 6.06. The summed E-state index contributed by atoms with van der Waals surface area (Å²) in [7, 11) is 0. The molecule has 2 amide bonds. The standard InChI is InChI=1S/C7H11NO3/c1-7(2,3)11-6(10)8-4-5(8)9/h4H2,1-3H3. The third-order valence-corrected chi connectivity index (χ3v) is 1.10. The number of rotatable bonds is 0. The molecule has 0 radical (unpaired) electrons. The van der Waals surface area contributed by atoms with E-state index < -0.39 is 11.7 Å². The normalized spacial score (nSPS) is 16.6. The van der Waals surface area contributed by atoms with Gasteiger partial charge in [0.15, 0.2) is 0 Å². The molecule has 0 bridgehead atoms. The van der Waals surface area contributed by atoms with E-state index in [1.165, 1.54) is 0 Å². The predicted octanol–water partition coefficient (Wildman–Crippen LogP) is 0.764. The second-order valence-electron chi connectivity index (χ2n) is 3.46. The van der Waals surface area contributed by atoms with Crippen molar-refractivity contribution in [1.29, 1.82) is 0 Å². The molecule has 0 unspecified atom stereocenters. The third kappa shape index (κ3) is 2.22. The van der Waals surface area contributed by atoms with E-state index in [9.17, 15) is 9.59 Å². The molecule has 4 heteroatoms. The molecule has 0 aromatic heterocycles. The monoisotopic (exact) mass is 157 g/mol. The van der Waals surface area contributed by atoms with Gasteiger partial charge in [-0.2, -0.15) is 0 Å². The Morgan fingerprint density at radius 1 is 1.55 bits per heavy atom. The Hall–Kier alpha value is -1.06. The lowest BCUT2D eigenvalue weighted by Crippen LogP contribution is -2.27. The van der Waals surface area contributed by atoms with Gasteiger partial charge in [-0.1, -0.05) is 0 Å². The van der Waals surface area contributed by atoms with Crippen LogP contribution in [0.1, 0.15) is 20.8 Å². The fraction of sp³-hybridized carbons (Fsp3) is 0.714. The summed E-state index contributed by atoms with van der Waals surface area (Å²) in [4.78, 5) is 22.4. The Kier molecular flexibility index (Phi) is 1.62. The van der Waals surface area contributed by atoms with Gasteiger partial charge in [0.2, 0.25) is 0 Å². The Labute approximate surface area is 65.1 Å². The second kappa shape index (κ2) is 2.22. The molecule has 0 atom stereocenters. The number of carbonyl (C=O) groups excluding carboxylic acids is 2. The van der Waals surface area contributed by atoms with Crippen LogP contribution >= 0.6 is 0 Å². The molecule has 1 aliphatic rings. The largest absolute Gasteiger partial charge is 0.443 e. The molecular formula is C7H11NO3. The molecule has 0 aromatic rings. The SMILES string of the molecule is CC(C)(C)OC(=O)N1CC1=O. The quantitative estimate of drug-likeness (QED) is 0.488. The van der Waals surface area contributed by atoms with Crippen LogP contribution in [0.2, 0.25) is 0 Å². The van der Waals surface area contributed by atoms with Crippen LogP contribution in [-0.4, -0.2) is 29.0 Å². The first-order valence-corrected chi connectivity index (χ1v) is 3.43. The summed E-state index contributed by atoms with van der Waals surface area (Å²) >= 11 is 0. The topological polar surface area (TPSA) is 46.4 Å². The molecule has 1 aliphatic heterocycles. The van der Waals surface area contributed by atoms with Crippen LogP contribution in [0.15, 0.2) is 0 Å². The van der Waals surface area contributed by atoms with Crippen LogP contribution in [0, 0.1) is 0 Å². The fourth-order valence-electron chi connectivity index (χ4n) is 0.583. The van der Waals surface area contributed by atoms with Gasteiger partial charge in [-0.05, 0) is 20.8 Å². The van der Waals surface area contributed by atoms with Gasteiger partial charge >= 0.3 is 6.09 Å². The molecule has 0 aromatic carbocycles. The van der Waals surface area contributed by atoms with Crippen molar-refractivity contribution in [2.45, 2.75) is 26.4 Å². The minimum Gasteiger partial charge on any atom is -0.443 e. The summed E-state index contributed by atoms with van der Waals surface area (Å²) in [6, 6.07) is 0. The number of imide groups is 1. The zero-order valence-electron chi connectivity index (χ0n) is 6.88. The van der Waals surface area contributed by atoms with Gasteiger partial charge in [-0.3, -0.25) is 4.79 Å². The van der Waals surface area contributed by atoms with Gasteiger partial charge in [0.25, 0.3) is 5.91 Å². The zero-order chi connectivity index (χ0) is 8.65. The Balaban J connectivity index is 2.39. The van der Waals surface area contributed by atoms with E-state index >= 15 is 0 Å². The molecule has 0 saturated carbocycles. The van der Waals surface area contributed by atoms with Crippen molar-refractivity contribution in [2.75, 3.05) is 6.54 Å². The van der Waals surface area contributed by atoms with Crippen molar-refractivity contribution in [3.05, 3.63) is 0 Å². The van der Waals surface area contributed by atoms with Crippen LogP contribution in [0.4, 0.5) is 4.79 Å². The third-order valence-electron chi connectivity index (χ3n) is 1.10. The molecule has 0 N–H and O–H groups in total. The first kappa shape index (κ1) is 8.04. The second-order valence-corrected chi connectivity index (χ2v) is 3.46. The molecular weight excluding hydrogens is 146 g/mol. The van der Waals surface area contributed by atoms with E-state index in [4.69, 9.17) is 4.74 Å². The highest BCUT2D eigenvalue weighted by Gasteiger charge is 2.39. The molecule has 1 rings (SSSR count). The maximum atomic E-state index is 10.9. The summed E-state index contributed by atoms with van der Waals surface area (Å²) in [5.41, 5.74) is -0.514. The smallest absolute Gasteiger partial charge is 0.417 e. The summed E-state index contributed by atoms with van der Waals surface area (Å²) in [6.45, 7) is 5.49. The zero-order valence-corrected chi connectivity index (χ0v) is 6.88. The lowest BCUT2D eigenvalue weighted by molar-refractivity contribution is -0.113. The first-order valence-electron chi connectivity index (χ1n) is 3.43. The lowest BCUT2D eigenvalue weighted by atomic mass is 10.2. The van der Waals surface area contributed by atoms with Crippen LogP contribution in [-0.2, 0) is 9.53 Å². The van der Waals surface area contributed by atoms with Crippen molar-refractivity contribution in [1.82, 2.24) is 4.90 Å². The van der Waals surface area contributed by atoms with E-state index in [0.717, 1.165) is 4.90 Å². The molecule has 4 nitrogen and oxygen atoms in total. The van der Waals surface area contributed by atoms with Gasteiger partial charge in [0.1, 0.15) is 12.1 Å². The molecule has 1 saturated heterocycles. The molecule has 0 spiro atoms. The molecule has 62 valence electrons. The maximum Gasteiger partial charge on any atom is 0.417 e. The number of carbonyl (C=O) groups is 2. The fourth-order valence-corrected chi connectivity index (χ4v) is 0.583. The minimum atomic E-state index is -0.539. The number of amides is 2. The van der Waals surface area contributed by atoms with Gasteiger partial charge < -0.3 is 4.74 Å². The highest BCUT2D eigenvalue weighted by atomic mass is 16.6. The lowest BCUT2D eigenvalue weighted by Gasteiger charge is -2.18. The summed E-state index contributed by atoms with van der Waals surface area (Å²) in [5, 5.41) is 0. The van der Waals surface area contributed by atoms with Gasteiger partial charge in [-0.25, -0.2) is 9.69 Å². The van der Waals surface area contributed by atoms with E-state index in [0.29, 0.717) is 0 Å². The Morgan fingerprint density at radius 2 is 2.00 bits per heavy atom. The van der Waals surface area contributed by atoms with Crippen molar-refractivity contribution in [3.8, 4) is 0 Å². The van der Waals surface area contributed by atoms with Gasteiger partial charge in [-0.15, -0.1) is 0 Å². The number of nitrogens with zero attached hydrogens (tertiary/aromatic N) is 1. The highest BCUT2D eigenvalue weighted by Crippen LogP contribution is 2.15. The first-order chi connectivity index (χ1) is 4.90. The summed E-state index contributed by atoms with van der Waals surface area (Å²) in [6.07, 6.45) is -0.539. The van der Waals surface area contributed by atoms with E-state index in [1.807, 2.05) is 0 Å². The molecule has 11 heavy (non-hydrogen) atoms. The van der Waals surface area contributed by atoms with Crippen molar-refractivity contribution in [3.63, 3.8) is 0 Å². The molecule has 1 fully saturated rings. The van der Waals surface area contributed by atoms with Gasteiger partial charge in [0.05, 0.1) is 0 Å². The van der Waals surface area contributed by atoms with Crippen molar-refractivity contribution < 1.29 is 14.3 Å². The minimum absolute atomic E-state index is 0.167. The van der Waals surface area contributed by atoms with Crippen LogP contribution < -0.4 is 0 Å². The van der Waals surface area contributed by atoms with Crippen molar-refractivity contribution in [2.24, 2.45) is 0 Å². The van der Waals surface area contributed by atoms with E-state index in [2.05, 4.69) is 0 Å². The van der Waals surface area contributed by atoms with E-state index in [-0.39, 0.29) is 12.5 Å². The summed E-state index contributed by atoms with van der Waals surface area (Å²) in [5.74, 6) is -0.167. The van der Waals surface area contributed by atoms with E-state index in [1.54, 1.807) is 20.8 Å². The maximum absolute atomic E-state index is 10.9. The van der Waals surface area contributed by atoms with Crippen LogP contribution in [0.25, 0.3) is 0 Å². The van der Waals surface area contributed by atoms with Crippen LogP contribution in [0.3, 0.4) is 0 Å². The number of ether oxygens (including phenoxy) is 1. The van der Waals surface area contributed by atoms with Gasteiger partial charge in [0, 0.05) is 0 Å². The van der Waals surface area contributed by atoms with Crippen molar-refractivity contribution >= 4 is 12.0 Å². The average molecular weight is 157 g/mol. The summed E-state index contributed by atoms with van der Waals surface area (Å²) < 4.78 is 4.90. The predicted molar refractivity (Wildman–Crippen MR) is 37.9 cm³/mol. The number of hydrogen-bond donors (Lipinski definition) is 0. The average Bonchev–Trinajstić information content (AvgIpc) is 2.41. The Morgan fingerprint density at radius 3 is 2.27 bits per heavy atom. The molecule has 1 heterocycles. The molecule has 0 aliphatic carbocycles. The number of hydrogen-bond acceptors (Lipinski definition) is 3. The Bertz CT molecular complexity index is 204.